The Bertz CT molecular complexity index is 343. The Hall–Kier alpha value is -1.16. The van der Waals surface area contributed by atoms with Gasteiger partial charge in [-0.1, -0.05) is 6.42 Å². The highest BCUT2D eigenvalue weighted by Gasteiger charge is 2.26. The van der Waals surface area contributed by atoms with Crippen molar-refractivity contribution in [3.63, 3.8) is 0 Å². The SMILES string of the molecule is Cc1nccnc1OCC1CCCC1CN. The topological polar surface area (TPSA) is 61.0 Å². The molecule has 0 aliphatic heterocycles. The van der Waals surface area contributed by atoms with Gasteiger partial charge in [-0.15, -0.1) is 0 Å². The fourth-order valence-corrected chi connectivity index (χ4v) is 2.37. The van der Waals surface area contributed by atoms with Crippen molar-refractivity contribution in [1.82, 2.24) is 9.97 Å². The van der Waals surface area contributed by atoms with E-state index in [2.05, 4.69) is 9.97 Å². The lowest BCUT2D eigenvalue weighted by atomic mass is 9.97. The smallest absolute Gasteiger partial charge is 0.235 e. The molecule has 1 fully saturated rings. The summed E-state index contributed by atoms with van der Waals surface area (Å²) in [6.07, 6.45) is 7.08. The maximum absolute atomic E-state index is 5.74. The second-order valence-corrected chi connectivity index (χ2v) is 4.44. The Kier molecular flexibility index (Phi) is 3.72. The van der Waals surface area contributed by atoms with E-state index < -0.39 is 0 Å². The van der Waals surface area contributed by atoms with Crippen LogP contribution >= 0.6 is 0 Å². The van der Waals surface area contributed by atoms with Gasteiger partial charge in [0.1, 0.15) is 0 Å². The maximum Gasteiger partial charge on any atom is 0.235 e. The van der Waals surface area contributed by atoms with Crippen LogP contribution in [0.4, 0.5) is 0 Å². The second kappa shape index (κ2) is 5.25. The quantitative estimate of drug-likeness (QED) is 0.837. The van der Waals surface area contributed by atoms with Crippen LogP contribution in [0.1, 0.15) is 25.0 Å². The first-order chi connectivity index (χ1) is 7.81. The molecule has 0 amide bonds. The molecule has 4 nitrogen and oxygen atoms in total. The molecule has 1 aliphatic carbocycles. The zero-order valence-electron chi connectivity index (χ0n) is 9.72. The van der Waals surface area contributed by atoms with Crippen molar-refractivity contribution >= 4 is 0 Å². The number of ether oxygens (including phenoxy) is 1. The highest BCUT2D eigenvalue weighted by Crippen LogP contribution is 2.31. The van der Waals surface area contributed by atoms with Gasteiger partial charge in [0.05, 0.1) is 12.3 Å². The van der Waals surface area contributed by atoms with Crippen LogP contribution in [-0.2, 0) is 0 Å². The summed E-state index contributed by atoms with van der Waals surface area (Å²) in [5.41, 5.74) is 6.59. The molecule has 4 heteroatoms. The molecule has 1 aliphatic rings. The van der Waals surface area contributed by atoms with Crippen molar-refractivity contribution in [1.29, 1.82) is 0 Å². The van der Waals surface area contributed by atoms with E-state index in [-0.39, 0.29) is 0 Å². The molecule has 2 unspecified atom stereocenters. The van der Waals surface area contributed by atoms with E-state index in [1.165, 1.54) is 19.3 Å². The highest BCUT2D eigenvalue weighted by molar-refractivity contribution is 5.14. The summed E-state index contributed by atoms with van der Waals surface area (Å²) in [5.74, 6) is 1.87. The maximum atomic E-state index is 5.74. The van der Waals surface area contributed by atoms with Gasteiger partial charge in [-0.25, -0.2) is 4.98 Å². The minimum atomic E-state index is 0.589. The molecule has 2 atom stereocenters. The largest absolute Gasteiger partial charge is 0.476 e. The van der Waals surface area contributed by atoms with Gasteiger partial charge in [0.25, 0.3) is 0 Å². The third-order valence-electron chi connectivity index (χ3n) is 3.39. The molecule has 0 bridgehead atoms. The van der Waals surface area contributed by atoms with Gasteiger partial charge in [-0.3, -0.25) is 4.98 Å². The molecule has 2 rings (SSSR count). The molecule has 1 aromatic rings. The van der Waals surface area contributed by atoms with Crippen molar-refractivity contribution in [2.75, 3.05) is 13.2 Å². The van der Waals surface area contributed by atoms with E-state index in [0.29, 0.717) is 17.7 Å². The van der Waals surface area contributed by atoms with Crippen molar-refractivity contribution in [2.24, 2.45) is 17.6 Å². The lowest BCUT2D eigenvalue weighted by Gasteiger charge is -2.18. The average molecular weight is 221 g/mol. The summed E-state index contributed by atoms with van der Waals surface area (Å²) in [7, 11) is 0. The Labute approximate surface area is 96.2 Å². The summed E-state index contributed by atoms with van der Waals surface area (Å²) < 4.78 is 5.72. The first-order valence-corrected chi connectivity index (χ1v) is 5.91. The van der Waals surface area contributed by atoms with E-state index >= 15 is 0 Å². The van der Waals surface area contributed by atoms with Gasteiger partial charge in [-0.05, 0) is 38.1 Å². The molecule has 0 aromatic carbocycles. The van der Waals surface area contributed by atoms with Crippen LogP contribution in [0.15, 0.2) is 12.4 Å². The fraction of sp³-hybridized carbons (Fsp3) is 0.667. The number of hydrogen-bond acceptors (Lipinski definition) is 4. The summed E-state index contributed by atoms with van der Waals surface area (Å²) in [4.78, 5) is 8.33. The molecule has 0 radical (unpaired) electrons. The van der Waals surface area contributed by atoms with Crippen LogP contribution in [0.2, 0.25) is 0 Å². The van der Waals surface area contributed by atoms with Crippen LogP contribution in [0, 0.1) is 18.8 Å². The zero-order chi connectivity index (χ0) is 11.4. The Balaban J connectivity index is 1.90. The van der Waals surface area contributed by atoms with Crippen molar-refractivity contribution in [3.8, 4) is 5.88 Å². The Morgan fingerprint density at radius 2 is 2.06 bits per heavy atom. The highest BCUT2D eigenvalue weighted by atomic mass is 16.5. The summed E-state index contributed by atoms with van der Waals surface area (Å²) in [6.45, 7) is 3.41. The number of aromatic nitrogens is 2. The first kappa shape index (κ1) is 11.3. The van der Waals surface area contributed by atoms with Gasteiger partial charge in [0, 0.05) is 12.4 Å². The van der Waals surface area contributed by atoms with Crippen molar-refractivity contribution < 1.29 is 4.74 Å². The molecule has 1 saturated carbocycles. The third kappa shape index (κ3) is 2.50. The molecule has 2 N–H and O–H groups in total. The molecular formula is C12H19N3O. The molecule has 0 saturated heterocycles. The van der Waals surface area contributed by atoms with E-state index in [0.717, 1.165) is 18.8 Å². The van der Waals surface area contributed by atoms with Crippen LogP contribution in [-0.4, -0.2) is 23.1 Å². The fourth-order valence-electron chi connectivity index (χ4n) is 2.37. The van der Waals surface area contributed by atoms with Crippen LogP contribution in [0.5, 0.6) is 5.88 Å². The minimum absolute atomic E-state index is 0.589. The van der Waals surface area contributed by atoms with E-state index in [4.69, 9.17) is 10.5 Å². The van der Waals surface area contributed by atoms with Crippen LogP contribution < -0.4 is 10.5 Å². The molecule has 1 aromatic heterocycles. The Morgan fingerprint density at radius 3 is 2.81 bits per heavy atom. The van der Waals surface area contributed by atoms with Crippen molar-refractivity contribution in [3.05, 3.63) is 18.1 Å². The molecule has 88 valence electrons. The second-order valence-electron chi connectivity index (χ2n) is 4.44. The minimum Gasteiger partial charge on any atom is -0.476 e. The van der Waals surface area contributed by atoms with Gasteiger partial charge in [0.15, 0.2) is 0 Å². The molecule has 1 heterocycles. The number of nitrogens with two attached hydrogens (primary N) is 1. The summed E-state index contributed by atoms with van der Waals surface area (Å²) in [5, 5.41) is 0. The predicted octanol–water partition coefficient (Wildman–Crippen LogP) is 1.54. The molecule has 16 heavy (non-hydrogen) atoms. The number of nitrogens with zero attached hydrogens (tertiary/aromatic N) is 2. The van der Waals surface area contributed by atoms with Crippen molar-refractivity contribution in [2.45, 2.75) is 26.2 Å². The Morgan fingerprint density at radius 1 is 1.31 bits per heavy atom. The number of aryl methyl sites for hydroxylation is 1. The van der Waals surface area contributed by atoms with E-state index in [1.807, 2.05) is 6.92 Å². The van der Waals surface area contributed by atoms with Gasteiger partial charge in [-0.2, -0.15) is 0 Å². The van der Waals surface area contributed by atoms with Crippen LogP contribution in [0.3, 0.4) is 0 Å². The van der Waals surface area contributed by atoms with E-state index in [1.54, 1.807) is 12.4 Å². The summed E-state index contributed by atoms with van der Waals surface area (Å²) in [6, 6.07) is 0. The van der Waals surface area contributed by atoms with Gasteiger partial charge < -0.3 is 10.5 Å². The van der Waals surface area contributed by atoms with Crippen LogP contribution in [0.25, 0.3) is 0 Å². The normalized spacial score (nSPS) is 24.6. The first-order valence-electron chi connectivity index (χ1n) is 5.91. The zero-order valence-corrected chi connectivity index (χ0v) is 9.72. The monoisotopic (exact) mass is 221 g/mol. The van der Waals surface area contributed by atoms with Gasteiger partial charge >= 0.3 is 0 Å². The summed E-state index contributed by atoms with van der Waals surface area (Å²) >= 11 is 0. The van der Waals surface area contributed by atoms with E-state index in [9.17, 15) is 0 Å². The number of hydrogen-bond donors (Lipinski definition) is 1. The number of rotatable bonds is 4. The molecule has 0 spiro atoms. The average Bonchev–Trinajstić information content (AvgIpc) is 2.75. The lowest BCUT2D eigenvalue weighted by molar-refractivity contribution is 0.208. The lowest BCUT2D eigenvalue weighted by Crippen LogP contribution is -2.23. The van der Waals surface area contributed by atoms with Gasteiger partial charge in [0.2, 0.25) is 5.88 Å². The predicted molar refractivity (Wildman–Crippen MR) is 62.1 cm³/mol. The standard InChI is InChI=1S/C12H19N3O/c1-9-12(15-6-5-14-9)16-8-11-4-2-3-10(11)7-13/h5-6,10-11H,2-4,7-8,13H2,1H3. The molecular weight excluding hydrogens is 202 g/mol. The third-order valence-corrected chi connectivity index (χ3v) is 3.39.